The quantitative estimate of drug-likeness (QED) is 0.474. The molecule has 0 aliphatic carbocycles. The maximum Gasteiger partial charge on any atom is 0.262 e. The van der Waals surface area contributed by atoms with Gasteiger partial charge in [-0.25, -0.2) is 8.42 Å². The highest BCUT2D eigenvalue weighted by Crippen LogP contribution is 2.21. The van der Waals surface area contributed by atoms with E-state index in [-0.39, 0.29) is 41.9 Å². The van der Waals surface area contributed by atoms with Crippen LogP contribution in [-0.2, 0) is 14.6 Å². The highest BCUT2D eigenvalue weighted by molar-refractivity contribution is 7.92. The van der Waals surface area contributed by atoms with Crippen LogP contribution in [0.15, 0.2) is 70.9 Å². The minimum atomic E-state index is -4.30. The molecule has 0 spiro atoms. The highest BCUT2D eigenvalue weighted by Gasteiger charge is 2.39. The van der Waals surface area contributed by atoms with Crippen LogP contribution in [0.3, 0.4) is 0 Å². The second-order valence-corrected chi connectivity index (χ2v) is 11.6. The van der Waals surface area contributed by atoms with Crippen LogP contribution in [0.1, 0.15) is 20.0 Å². The van der Waals surface area contributed by atoms with E-state index in [0.717, 1.165) is 11.3 Å². The lowest BCUT2D eigenvalue weighted by molar-refractivity contribution is -0.132. The van der Waals surface area contributed by atoms with E-state index >= 15 is 0 Å². The summed E-state index contributed by atoms with van der Waals surface area (Å²) in [4.78, 5) is 42.2. The molecule has 0 bridgehead atoms. The van der Waals surface area contributed by atoms with Gasteiger partial charge in [0.1, 0.15) is 5.75 Å². The van der Waals surface area contributed by atoms with Crippen LogP contribution in [0.4, 0.5) is 0 Å². The van der Waals surface area contributed by atoms with Crippen molar-refractivity contribution in [1.29, 1.82) is 0 Å². The zero-order valence-electron chi connectivity index (χ0n) is 19.8. The fourth-order valence-electron chi connectivity index (χ4n) is 3.84. The lowest BCUT2D eigenvalue weighted by atomic mass is 10.1. The summed E-state index contributed by atoms with van der Waals surface area (Å²) in [6.07, 6.45) is 0. The van der Waals surface area contributed by atoms with E-state index in [1.807, 2.05) is 0 Å². The molecular formula is C25H24ClN3O6S2. The smallest absolute Gasteiger partial charge is 0.262 e. The molecule has 1 fully saturated rings. The number of thiophene rings is 1. The lowest BCUT2D eigenvalue weighted by Gasteiger charge is -2.36. The van der Waals surface area contributed by atoms with Crippen LogP contribution in [0.5, 0.6) is 5.75 Å². The number of sulfone groups is 1. The van der Waals surface area contributed by atoms with Gasteiger partial charge in [0.25, 0.3) is 17.7 Å². The Kier molecular flexibility index (Phi) is 8.16. The van der Waals surface area contributed by atoms with E-state index in [0.29, 0.717) is 16.3 Å². The average molecular weight is 562 g/mol. The summed E-state index contributed by atoms with van der Waals surface area (Å²) >= 11 is 7.03. The van der Waals surface area contributed by atoms with Gasteiger partial charge in [0.05, 0.1) is 16.9 Å². The number of carbonyl (C=O) groups excluding carboxylic acids is 3. The number of carbonyl (C=O) groups is 3. The van der Waals surface area contributed by atoms with E-state index in [1.165, 1.54) is 36.3 Å². The number of ether oxygens (including phenoxy) is 1. The van der Waals surface area contributed by atoms with Gasteiger partial charge in [-0.15, -0.1) is 11.3 Å². The maximum absolute atomic E-state index is 13.5. The van der Waals surface area contributed by atoms with Crippen molar-refractivity contribution in [3.63, 3.8) is 0 Å². The molecule has 0 saturated carbocycles. The number of nitrogens with zero attached hydrogens (tertiary/aromatic N) is 2. The molecule has 9 nitrogen and oxygen atoms in total. The van der Waals surface area contributed by atoms with Crippen molar-refractivity contribution in [2.24, 2.45) is 0 Å². The Bertz CT molecular complexity index is 1370. The standard InChI is InChI=1S/C25H24ClN3O6S2/c1-35-19-8-4-17(5-9-19)24(31)28-12-14-29(15-13-28)25(32)23(27-22(30)21-3-2-16-36-21)37(33,34)20-10-6-18(26)7-11-20/h2-11,16,23H,12-15H2,1H3,(H,27,30)/t23-/m1/s1. The third-order valence-corrected chi connectivity index (χ3v) is 8.89. The zero-order valence-corrected chi connectivity index (χ0v) is 22.2. The van der Waals surface area contributed by atoms with Crippen molar-refractivity contribution < 1.29 is 27.5 Å². The van der Waals surface area contributed by atoms with Gasteiger partial charge >= 0.3 is 0 Å². The summed E-state index contributed by atoms with van der Waals surface area (Å²) in [5.74, 6) is -1.01. The molecule has 1 aliphatic rings. The number of hydrogen-bond acceptors (Lipinski definition) is 7. The fourth-order valence-corrected chi connectivity index (χ4v) is 6.06. The number of methoxy groups -OCH3 is 1. The van der Waals surface area contributed by atoms with Crippen LogP contribution in [0.25, 0.3) is 0 Å². The Morgan fingerprint density at radius 2 is 1.57 bits per heavy atom. The largest absolute Gasteiger partial charge is 0.497 e. The fraction of sp³-hybridized carbons (Fsp3) is 0.240. The van der Waals surface area contributed by atoms with Gasteiger partial charge in [0.2, 0.25) is 15.2 Å². The van der Waals surface area contributed by atoms with Crippen LogP contribution < -0.4 is 10.1 Å². The molecule has 1 N–H and O–H groups in total. The maximum atomic E-state index is 13.5. The number of halogens is 1. The minimum absolute atomic E-state index is 0.113. The summed E-state index contributed by atoms with van der Waals surface area (Å²) < 4.78 is 32.1. The predicted octanol–water partition coefficient (Wildman–Crippen LogP) is 2.92. The molecule has 194 valence electrons. The molecule has 1 saturated heterocycles. The van der Waals surface area contributed by atoms with E-state index in [2.05, 4.69) is 5.32 Å². The molecule has 2 heterocycles. The summed E-state index contributed by atoms with van der Waals surface area (Å²) in [6.45, 7) is 0.650. The summed E-state index contributed by atoms with van der Waals surface area (Å²) in [5.41, 5.74) is 0.479. The lowest BCUT2D eigenvalue weighted by Crippen LogP contribution is -2.57. The van der Waals surface area contributed by atoms with Gasteiger partial charge in [-0.05, 0) is 60.0 Å². The molecule has 3 amide bonds. The summed E-state index contributed by atoms with van der Waals surface area (Å²) in [7, 11) is -2.76. The average Bonchev–Trinajstić information content (AvgIpc) is 3.46. The summed E-state index contributed by atoms with van der Waals surface area (Å²) in [5, 5.41) is 2.58. The van der Waals surface area contributed by atoms with Gasteiger partial charge in [-0.3, -0.25) is 14.4 Å². The van der Waals surface area contributed by atoms with Crippen molar-refractivity contribution in [3.05, 3.63) is 81.5 Å². The molecule has 1 atom stereocenters. The zero-order chi connectivity index (χ0) is 26.6. The number of hydrogen-bond donors (Lipinski definition) is 1. The third-order valence-electron chi connectivity index (χ3n) is 5.90. The number of rotatable bonds is 7. The molecule has 37 heavy (non-hydrogen) atoms. The van der Waals surface area contributed by atoms with E-state index < -0.39 is 27.0 Å². The number of amides is 3. The topological polar surface area (TPSA) is 113 Å². The first kappa shape index (κ1) is 26.6. The molecule has 1 aliphatic heterocycles. The second kappa shape index (κ2) is 11.3. The van der Waals surface area contributed by atoms with Crippen molar-refractivity contribution in [3.8, 4) is 5.75 Å². The normalized spacial score (nSPS) is 14.6. The first-order chi connectivity index (χ1) is 17.7. The van der Waals surface area contributed by atoms with Crippen molar-refractivity contribution in [1.82, 2.24) is 15.1 Å². The van der Waals surface area contributed by atoms with Crippen LogP contribution in [0, 0.1) is 0 Å². The Balaban J connectivity index is 1.51. The van der Waals surface area contributed by atoms with Crippen molar-refractivity contribution in [2.45, 2.75) is 10.3 Å². The molecule has 0 radical (unpaired) electrons. The van der Waals surface area contributed by atoms with Crippen molar-refractivity contribution >= 4 is 50.5 Å². The van der Waals surface area contributed by atoms with Gasteiger partial charge in [-0.1, -0.05) is 17.7 Å². The van der Waals surface area contributed by atoms with E-state index in [1.54, 1.807) is 46.7 Å². The van der Waals surface area contributed by atoms with Gasteiger partial charge < -0.3 is 19.9 Å². The Morgan fingerprint density at radius 3 is 2.14 bits per heavy atom. The van der Waals surface area contributed by atoms with Gasteiger partial charge in [-0.2, -0.15) is 0 Å². The van der Waals surface area contributed by atoms with Crippen LogP contribution in [-0.4, -0.2) is 74.6 Å². The predicted molar refractivity (Wildman–Crippen MR) is 140 cm³/mol. The SMILES string of the molecule is COc1ccc(C(=O)N2CCN(C(=O)[C@H](NC(=O)c3cccs3)S(=O)(=O)c3ccc(Cl)cc3)CC2)cc1. The molecule has 2 aromatic carbocycles. The monoisotopic (exact) mass is 561 g/mol. The Morgan fingerprint density at radius 1 is 0.946 bits per heavy atom. The molecular weight excluding hydrogens is 538 g/mol. The Hall–Kier alpha value is -3.41. The van der Waals surface area contributed by atoms with E-state index in [9.17, 15) is 22.8 Å². The number of piperazine rings is 1. The van der Waals surface area contributed by atoms with Crippen LogP contribution >= 0.6 is 22.9 Å². The molecule has 12 heteroatoms. The van der Waals surface area contributed by atoms with E-state index in [4.69, 9.17) is 16.3 Å². The number of benzene rings is 2. The van der Waals surface area contributed by atoms with Crippen LogP contribution in [0.2, 0.25) is 5.02 Å². The second-order valence-electron chi connectivity index (χ2n) is 8.18. The summed E-state index contributed by atoms with van der Waals surface area (Å²) in [6, 6.07) is 15.3. The third kappa shape index (κ3) is 5.95. The molecule has 3 aromatic rings. The van der Waals surface area contributed by atoms with Gasteiger partial charge in [0.15, 0.2) is 0 Å². The molecule has 4 rings (SSSR count). The highest BCUT2D eigenvalue weighted by atomic mass is 35.5. The van der Waals surface area contributed by atoms with Gasteiger partial charge in [0, 0.05) is 36.8 Å². The first-order valence-electron chi connectivity index (χ1n) is 11.3. The molecule has 0 unspecified atom stereocenters. The first-order valence-corrected chi connectivity index (χ1v) is 14.1. The van der Waals surface area contributed by atoms with Crippen molar-refractivity contribution in [2.75, 3.05) is 33.3 Å². The number of nitrogens with one attached hydrogen (secondary N) is 1. The minimum Gasteiger partial charge on any atom is -0.497 e. The molecule has 1 aromatic heterocycles. The Labute approximate surface area is 223 Å².